The Morgan fingerprint density at radius 2 is 2.31 bits per heavy atom. The maximum absolute atomic E-state index is 5.88. The zero-order valence-electron chi connectivity index (χ0n) is 8.89. The van der Waals surface area contributed by atoms with Gasteiger partial charge in [-0.3, -0.25) is 0 Å². The van der Waals surface area contributed by atoms with Crippen LogP contribution in [0.5, 0.6) is 0 Å². The van der Waals surface area contributed by atoms with Crippen LogP contribution in [-0.2, 0) is 20.1 Å². The van der Waals surface area contributed by atoms with Crippen LogP contribution >= 0.6 is 11.6 Å². The Kier molecular flexibility index (Phi) is 3.48. The van der Waals surface area contributed by atoms with E-state index in [9.17, 15) is 0 Å². The lowest BCUT2D eigenvalue weighted by molar-refractivity contribution is 0.625. The summed E-state index contributed by atoms with van der Waals surface area (Å²) in [5, 5.41) is 11.6. The van der Waals surface area contributed by atoms with Gasteiger partial charge < -0.3 is 9.88 Å². The molecule has 2 aromatic rings. The highest BCUT2D eigenvalue weighted by atomic mass is 35.5. The second-order valence-electron chi connectivity index (χ2n) is 3.37. The fourth-order valence-electron chi connectivity index (χ4n) is 1.32. The first-order chi connectivity index (χ1) is 7.77. The molecular weight excluding hydrogens is 226 g/mol. The molecule has 2 aromatic heterocycles. The Morgan fingerprint density at radius 3 is 2.94 bits per heavy atom. The van der Waals surface area contributed by atoms with E-state index in [4.69, 9.17) is 11.6 Å². The fourth-order valence-corrected chi connectivity index (χ4v) is 1.46. The van der Waals surface area contributed by atoms with E-state index in [-0.39, 0.29) is 0 Å². The maximum Gasteiger partial charge on any atom is 0.128 e. The minimum Gasteiger partial charge on any atom is -0.321 e. The lowest BCUT2D eigenvalue weighted by atomic mass is 10.4. The molecule has 0 atom stereocenters. The number of halogens is 1. The summed E-state index contributed by atoms with van der Waals surface area (Å²) in [5.41, 5.74) is 0.905. The normalized spacial score (nSPS) is 10.6. The van der Waals surface area contributed by atoms with E-state index in [1.54, 1.807) is 12.4 Å². The molecule has 1 N–H and O–H groups in total. The molecule has 5 nitrogen and oxygen atoms in total. The van der Waals surface area contributed by atoms with Crippen molar-refractivity contribution in [2.24, 2.45) is 7.05 Å². The third kappa shape index (κ3) is 2.56. The molecule has 84 valence electrons. The van der Waals surface area contributed by atoms with Crippen LogP contribution in [0.25, 0.3) is 0 Å². The number of aromatic nitrogens is 4. The first-order valence-corrected chi connectivity index (χ1v) is 5.28. The Bertz CT molecular complexity index is 453. The van der Waals surface area contributed by atoms with Crippen LogP contribution in [0, 0.1) is 0 Å². The predicted molar refractivity (Wildman–Crippen MR) is 60.8 cm³/mol. The van der Waals surface area contributed by atoms with Crippen LogP contribution in [0.15, 0.2) is 24.5 Å². The van der Waals surface area contributed by atoms with E-state index in [2.05, 4.69) is 20.5 Å². The quantitative estimate of drug-likeness (QED) is 0.867. The van der Waals surface area contributed by atoms with Gasteiger partial charge in [0.1, 0.15) is 11.0 Å². The van der Waals surface area contributed by atoms with Gasteiger partial charge in [0.05, 0.1) is 18.4 Å². The standard InChI is InChI=1S/C10H12ClN5/c1-16-9(11)6-13-10(16)7-12-5-8-3-2-4-14-15-8/h2-4,6,12H,5,7H2,1H3. The lowest BCUT2D eigenvalue weighted by Gasteiger charge is -2.04. The van der Waals surface area contributed by atoms with Crippen LogP contribution in [0.1, 0.15) is 11.5 Å². The van der Waals surface area contributed by atoms with Crippen molar-refractivity contribution in [1.29, 1.82) is 0 Å². The molecule has 0 saturated heterocycles. The zero-order chi connectivity index (χ0) is 11.4. The Balaban J connectivity index is 1.87. The highest BCUT2D eigenvalue weighted by molar-refractivity contribution is 6.29. The summed E-state index contributed by atoms with van der Waals surface area (Å²) in [7, 11) is 1.88. The van der Waals surface area contributed by atoms with Crippen LogP contribution in [0.4, 0.5) is 0 Å². The van der Waals surface area contributed by atoms with Crippen molar-refractivity contribution >= 4 is 11.6 Å². The molecule has 0 aliphatic rings. The van der Waals surface area contributed by atoms with E-state index in [1.165, 1.54) is 0 Å². The Hall–Kier alpha value is -1.46. The molecule has 16 heavy (non-hydrogen) atoms. The number of nitrogens with zero attached hydrogens (tertiary/aromatic N) is 4. The molecule has 0 radical (unpaired) electrons. The number of hydrogen-bond acceptors (Lipinski definition) is 4. The van der Waals surface area contributed by atoms with Gasteiger partial charge in [0, 0.05) is 19.8 Å². The SMILES string of the molecule is Cn1c(Cl)cnc1CNCc1cccnn1. The van der Waals surface area contributed by atoms with Crippen molar-refractivity contribution in [3.05, 3.63) is 41.2 Å². The van der Waals surface area contributed by atoms with E-state index in [1.807, 2.05) is 23.7 Å². The molecule has 0 fully saturated rings. The van der Waals surface area contributed by atoms with Gasteiger partial charge in [-0.2, -0.15) is 10.2 Å². The van der Waals surface area contributed by atoms with Gasteiger partial charge in [0.15, 0.2) is 0 Å². The lowest BCUT2D eigenvalue weighted by Crippen LogP contribution is -2.16. The minimum absolute atomic E-state index is 0.635. The number of rotatable bonds is 4. The molecule has 0 spiro atoms. The maximum atomic E-state index is 5.88. The molecule has 0 aliphatic carbocycles. The van der Waals surface area contributed by atoms with Crippen molar-refractivity contribution in [3.8, 4) is 0 Å². The van der Waals surface area contributed by atoms with Gasteiger partial charge in [-0.05, 0) is 12.1 Å². The predicted octanol–water partition coefficient (Wildman–Crippen LogP) is 1.15. The van der Waals surface area contributed by atoms with Gasteiger partial charge in [-0.1, -0.05) is 11.6 Å². The summed E-state index contributed by atoms with van der Waals surface area (Å²) in [6, 6.07) is 3.78. The molecule has 0 saturated carbocycles. The molecular formula is C10H12ClN5. The Labute approximate surface area is 98.5 Å². The number of hydrogen-bond donors (Lipinski definition) is 1. The van der Waals surface area contributed by atoms with Crippen LogP contribution in [-0.4, -0.2) is 19.7 Å². The Morgan fingerprint density at radius 1 is 1.44 bits per heavy atom. The second-order valence-corrected chi connectivity index (χ2v) is 3.76. The molecule has 0 bridgehead atoms. The largest absolute Gasteiger partial charge is 0.321 e. The fraction of sp³-hybridized carbons (Fsp3) is 0.300. The minimum atomic E-state index is 0.635. The molecule has 6 heteroatoms. The first-order valence-electron chi connectivity index (χ1n) is 4.91. The van der Waals surface area contributed by atoms with Crippen LogP contribution in [0.2, 0.25) is 5.15 Å². The topological polar surface area (TPSA) is 55.6 Å². The number of nitrogens with one attached hydrogen (secondary N) is 1. The molecule has 0 unspecified atom stereocenters. The van der Waals surface area contributed by atoms with Gasteiger partial charge >= 0.3 is 0 Å². The van der Waals surface area contributed by atoms with Gasteiger partial charge in [0.2, 0.25) is 0 Å². The highest BCUT2D eigenvalue weighted by Gasteiger charge is 2.03. The molecule has 2 heterocycles. The summed E-state index contributed by atoms with van der Waals surface area (Å²) >= 11 is 5.88. The van der Waals surface area contributed by atoms with E-state index in [0.717, 1.165) is 11.5 Å². The van der Waals surface area contributed by atoms with Crippen molar-refractivity contribution in [2.45, 2.75) is 13.1 Å². The van der Waals surface area contributed by atoms with Crippen molar-refractivity contribution in [3.63, 3.8) is 0 Å². The second kappa shape index (κ2) is 5.05. The van der Waals surface area contributed by atoms with Crippen molar-refractivity contribution < 1.29 is 0 Å². The summed E-state index contributed by atoms with van der Waals surface area (Å²) in [5.74, 6) is 0.897. The first kappa shape index (κ1) is 11.0. The van der Waals surface area contributed by atoms with E-state index < -0.39 is 0 Å². The van der Waals surface area contributed by atoms with E-state index >= 15 is 0 Å². The summed E-state index contributed by atoms with van der Waals surface area (Å²) in [6.07, 6.45) is 3.29. The third-order valence-corrected chi connectivity index (χ3v) is 2.60. The smallest absolute Gasteiger partial charge is 0.128 e. The van der Waals surface area contributed by atoms with Crippen LogP contribution in [0.3, 0.4) is 0 Å². The zero-order valence-corrected chi connectivity index (χ0v) is 9.65. The van der Waals surface area contributed by atoms with Gasteiger partial charge in [-0.15, -0.1) is 0 Å². The van der Waals surface area contributed by atoms with Crippen LogP contribution < -0.4 is 5.32 Å². The molecule has 0 aliphatic heterocycles. The average Bonchev–Trinajstić information content (AvgIpc) is 2.62. The molecule has 0 amide bonds. The van der Waals surface area contributed by atoms with Crippen molar-refractivity contribution in [2.75, 3.05) is 0 Å². The van der Waals surface area contributed by atoms with Gasteiger partial charge in [0.25, 0.3) is 0 Å². The third-order valence-electron chi connectivity index (χ3n) is 2.24. The molecule has 2 rings (SSSR count). The number of imidazole rings is 1. The highest BCUT2D eigenvalue weighted by Crippen LogP contribution is 2.08. The van der Waals surface area contributed by atoms with Crippen molar-refractivity contribution in [1.82, 2.24) is 25.1 Å². The molecule has 0 aromatic carbocycles. The summed E-state index contributed by atoms with van der Waals surface area (Å²) in [6.45, 7) is 1.32. The van der Waals surface area contributed by atoms with E-state index in [0.29, 0.717) is 18.2 Å². The van der Waals surface area contributed by atoms with Gasteiger partial charge in [-0.25, -0.2) is 4.98 Å². The average molecular weight is 238 g/mol. The summed E-state index contributed by atoms with van der Waals surface area (Å²) < 4.78 is 1.84. The monoisotopic (exact) mass is 237 g/mol. The summed E-state index contributed by atoms with van der Waals surface area (Å²) in [4.78, 5) is 4.18.